The highest BCUT2D eigenvalue weighted by Crippen LogP contribution is 2.16. The summed E-state index contributed by atoms with van der Waals surface area (Å²) in [5, 5.41) is 0. The van der Waals surface area contributed by atoms with Crippen LogP contribution in [0.3, 0.4) is 0 Å². The van der Waals surface area contributed by atoms with E-state index in [1.165, 1.54) is 28.4 Å². The summed E-state index contributed by atoms with van der Waals surface area (Å²) in [4.78, 5) is 56.9. The molecule has 0 amide bonds. The molecular formula is C24H44N4O8. The minimum atomic E-state index is -0.370. The van der Waals surface area contributed by atoms with Crippen LogP contribution in [0, 0.1) is 0 Å². The molecule has 1 heterocycles. The van der Waals surface area contributed by atoms with Crippen molar-refractivity contribution in [1.82, 2.24) is 19.6 Å². The maximum absolute atomic E-state index is 12.2. The lowest BCUT2D eigenvalue weighted by atomic mass is 10.1. The first-order valence-corrected chi connectivity index (χ1v) is 12.2. The predicted molar refractivity (Wildman–Crippen MR) is 132 cm³/mol. The van der Waals surface area contributed by atoms with Crippen LogP contribution in [-0.4, -0.2) is 148 Å². The Labute approximate surface area is 214 Å². The van der Waals surface area contributed by atoms with Gasteiger partial charge in [0.2, 0.25) is 0 Å². The number of esters is 4. The van der Waals surface area contributed by atoms with Gasteiger partial charge in [-0.1, -0.05) is 0 Å². The lowest BCUT2D eigenvalue weighted by Gasteiger charge is -2.43. The van der Waals surface area contributed by atoms with Crippen molar-refractivity contribution in [2.75, 3.05) is 80.8 Å². The Morgan fingerprint density at radius 3 is 0.778 bits per heavy atom. The fourth-order valence-electron chi connectivity index (χ4n) is 4.34. The van der Waals surface area contributed by atoms with E-state index in [2.05, 4.69) is 0 Å². The van der Waals surface area contributed by atoms with E-state index in [4.69, 9.17) is 18.9 Å². The molecule has 0 radical (unpaired) electrons. The largest absolute Gasteiger partial charge is 0.468 e. The second-order valence-corrected chi connectivity index (χ2v) is 9.42. The van der Waals surface area contributed by atoms with Gasteiger partial charge in [-0.05, 0) is 27.7 Å². The average molecular weight is 517 g/mol. The molecule has 12 nitrogen and oxygen atoms in total. The second kappa shape index (κ2) is 15.7. The first kappa shape index (κ1) is 31.7. The van der Waals surface area contributed by atoms with Gasteiger partial charge in [0, 0.05) is 50.3 Å². The van der Waals surface area contributed by atoms with Gasteiger partial charge in [0.25, 0.3) is 0 Å². The fourth-order valence-corrected chi connectivity index (χ4v) is 4.34. The Hall–Kier alpha value is -2.28. The lowest BCUT2D eigenvalue weighted by Crippen LogP contribution is -2.58. The Kier molecular flexibility index (Phi) is 13.9. The standard InChI is InChI=1S/C24H44N4O8/c1-17-9-26(14-22(30)34-6)19(3)11-28(16-24(32)36-8)20(4)12-27(15-23(31)35-7)18(2)10-25(17)13-21(29)33-5/h17-20H,9-16H2,1-8H3. The maximum Gasteiger partial charge on any atom is 0.319 e. The van der Waals surface area contributed by atoms with Crippen LogP contribution in [0.1, 0.15) is 27.7 Å². The molecule has 1 aliphatic heterocycles. The molecule has 1 saturated heterocycles. The van der Waals surface area contributed by atoms with E-state index in [-0.39, 0.29) is 74.2 Å². The normalized spacial score (nSPS) is 25.8. The van der Waals surface area contributed by atoms with Gasteiger partial charge in [-0.2, -0.15) is 0 Å². The van der Waals surface area contributed by atoms with Gasteiger partial charge >= 0.3 is 23.9 Å². The molecule has 4 atom stereocenters. The van der Waals surface area contributed by atoms with Gasteiger partial charge in [0.1, 0.15) is 0 Å². The molecule has 208 valence electrons. The van der Waals surface area contributed by atoms with Crippen molar-refractivity contribution in [2.45, 2.75) is 51.9 Å². The van der Waals surface area contributed by atoms with Crippen LogP contribution in [0.25, 0.3) is 0 Å². The molecule has 1 fully saturated rings. The summed E-state index contributed by atoms with van der Waals surface area (Å²) < 4.78 is 19.7. The molecular weight excluding hydrogens is 472 g/mol. The highest BCUT2D eigenvalue weighted by molar-refractivity contribution is 5.72. The van der Waals surface area contributed by atoms with Crippen LogP contribution in [-0.2, 0) is 38.1 Å². The third-order valence-corrected chi connectivity index (χ3v) is 6.73. The maximum atomic E-state index is 12.2. The molecule has 12 heteroatoms. The van der Waals surface area contributed by atoms with Gasteiger partial charge in [-0.15, -0.1) is 0 Å². The quantitative estimate of drug-likeness (QED) is 0.304. The summed E-state index contributed by atoms with van der Waals surface area (Å²) in [5.74, 6) is -1.48. The summed E-state index contributed by atoms with van der Waals surface area (Å²) in [6.45, 7) is 10.1. The summed E-state index contributed by atoms with van der Waals surface area (Å²) in [7, 11) is 5.39. The molecule has 0 bridgehead atoms. The Balaban J connectivity index is 3.41. The molecule has 0 saturated carbocycles. The van der Waals surface area contributed by atoms with Crippen LogP contribution in [0.15, 0.2) is 0 Å². The summed E-state index contributed by atoms with van der Waals surface area (Å²) in [5.41, 5.74) is 0. The van der Waals surface area contributed by atoms with E-state index in [1.807, 2.05) is 47.3 Å². The van der Waals surface area contributed by atoms with Crippen LogP contribution in [0.5, 0.6) is 0 Å². The first-order valence-electron chi connectivity index (χ1n) is 12.2. The molecule has 1 rings (SSSR count). The molecule has 0 aliphatic carbocycles. The third-order valence-electron chi connectivity index (χ3n) is 6.73. The smallest absolute Gasteiger partial charge is 0.319 e. The number of ether oxygens (including phenoxy) is 4. The van der Waals surface area contributed by atoms with Crippen LogP contribution in [0.2, 0.25) is 0 Å². The second-order valence-electron chi connectivity index (χ2n) is 9.42. The van der Waals surface area contributed by atoms with Crippen molar-refractivity contribution in [3.63, 3.8) is 0 Å². The van der Waals surface area contributed by atoms with E-state index in [0.717, 1.165) is 0 Å². The van der Waals surface area contributed by atoms with Crippen molar-refractivity contribution in [3.8, 4) is 0 Å². The van der Waals surface area contributed by atoms with Crippen molar-refractivity contribution < 1.29 is 38.1 Å². The van der Waals surface area contributed by atoms with E-state index < -0.39 is 0 Å². The molecule has 0 spiro atoms. The SMILES string of the molecule is COC(=O)CN1CC(C)N(CC(=O)OC)CC(C)N(CC(=O)OC)CC(C)N(CC(=O)OC)CC1C. The van der Waals surface area contributed by atoms with Crippen molar-refractivity contribution >= 4 is 23.9 Å². The van der Waals surface area contributed by atoms with Gasteiger partial charge in [0.05, 0.1) is 54.6 Å². The zero-order chi connectivity index (χ0) is 27.4. The number of hydrogen-bond donors (Lipinski definition) is 0. The highest BCUT2D eigenvalue weighted by Gasteiger charge is 2.32. The monoisotopic (exact) mass is 516 g/mol. The summed E-state index contributed by atoms with van der Waals surface area (Å²) in [6.07, 6.45) is 0. The third kappa shape index (κ3) is 10.4. The van der Waals surface area contributed by atoms with Crippen LogP contribution in [0.4, 0.5) is 0 Å². The Morgan fingerprint density at radius 1 is 0.472 bits per heavy atom. The molecule has 0 aromatic heterocycles. The average Bonchev–Trinajstić information content (AvgIpc) is 2.85. The number of hydrogen-bond acceptors (Lipinski definition) is 12. The number of carbonyl (C=O) groups is 4. The van der Waals surface area contributed by atoms with Crippen LogP contribution >= 0.6 is 0 Å². The minimum absolute atomic E-state index is 0.0680. The highest BCUT2D eigenvalue weighted by atomic mass is 16.5. The summed E-state index contributed by atoms with van der Waals surface area (Å²) in [6, 6.07) is -0.539. The summed E-state index contributed by atoms with van der Waals surface area (Å²) >= 11 is 0. The molecule has 4 unspecified atom stereocenters. The van der Waals surface area contributed by atoms with Crippen LogP contribution < -0.4 is 0 Å². The molecule has 0 aromatic rings. The van der Waals surface area contributed by atoms with Crippen molar-refractivity contribution in [3.05, 3.63) is 0 Å². The van der Waals surface area contributed by atoms with Gasteiger partial charge in [0.15, 0.2) is 0 Å². The Morgan fingerprint density at radius 2 is 0.639 bits per heavy atom. The van der Waals surface area contributed by atoms with E-state index in [9.17, 15) is 19.2 Å². The zero-order valence-electron chi connectivity index (χ0n) is 23.0. The lowest BCUT2D eigenvalue weighted by molar-refractivity contribution is -0.147. The number of carbonyl (C=O) groups excluding carboxylic acids is 4. The Bertz CT molecular complexity index is 617. The van der Waals surface area contributed by atoms with Gasteiger partial charge < -0.3 is 18.9 Å². The van der Waals surface area contributed by atoms with Gasteiger partial charge in [-0.3, -0.25) is 38.8 Å². The number of rotatable bonds is 8. The fraction of sp³-hybridized carbons (Fsp3) is 0.833. The van der Waals surface area contributed by atoms with E-state index >= 15 is 0 Å². The van der Waals surface area contributed by atoms with E-state index in [0.29, 0.717) is 26.2 Å². The first-order chi connectivity index (χ1) is 16.9. The predicted octanol–water partition coefficient (Wildman–Crippen LogP) is -0.546. The molecule has 0 aromatic carbocycles. The molecule has 0 N–H and O–H groups in total. The van der Waals surface area contributed by atoms with Crippen molar-refractivity contribution in [1.29, 1.82) is 0 Å². The zero-order valence-corrected chi connectivity index (χ0v) is 23.0. The van der Waals surface area contributed by atoms with Gasteiger partial charge in [-0.25, -0.2) is 0 Å². The molecule has 36 heavy (non-hydrogen) atoms. The van der Waals surface area contributed by atoms with E-state index in [1.54, 1.807) is 0 Å². The number of nitrogens with zero attached hydrogens (tertiary/aromatic N) is 4. The van der Waals surface area contributed by atoms with Crippen molar-refractivity contribution in [2.24, 2.45) is 0 Å². The molecule has 1 aliphatic rings. The number of methoxy groups -OCH3 is 4. The minimum Gasteiger partial charge on any atom is -0.468 e. The topological polar surface area (TPSA) is 118 Å².